The Morgan fingerprint density at radius 2 is 2.05 bits per heavy atom. The fraction of sp³-hybridized carbons (Fsp3) is 0.538. The molecule has 1 fully saturated rings. The quantitative estimate of drug-likeness (QED) is 0.796. The Morgan fingerprint density at radius 3 is 2.63 bits per heavy atom. The Morgan fingerprint density at radius 1 is 1.37 bits per heavy atom. The summed E-state index contributed by atoms with van der Waals surface area (Å²) >= 11 is 0. The highest BCUT2D eigenvalue weighted by Gasteiger charge is 2.41. The molecule has 0 saturated heterocycles. The Bertz CT molecular complexity index is 539. The molecule has 0 atom stereocenters. The number of primary sulfonamides is 1. The summed E-state index contributed by atoms with van der Waals surface area (Å²) in [5.74, 6) is 0. The number of nitrogens with two attached hydrogens (primary N) is 1. The van der Waals surface area contributed by atoms with Crippen molar-refractivity contribution in [3.63, 3.8) is 0 Å². The zero-order valence-corrected chi connectivity index (χ0v) is 11.9. The van der Waals surface area contributed by atoms with E-state index in [2.05, 4.69) is 5.32 Å². The molecule has 1 aromatic rings. The maximum absolute atomic E-state index is 11.5. The van der Waals surface area contributed by atoms with Gasteiger partial charge in [0.15, 0.2) is 0 Å². The monoisotopic (exact) mass is 284 g/mol. The highest BCUT2D eigenvalue weighted by atomic mass is 32.2. The van der Waals surface area contributed by atoms with Crippen molar-refractivity contribution in [3.8, 4) is 0 Å². The van der Waals surface area contributed by atoms with Crippen LogP contribution in [0.15, 0.2) is 29.2 Å². The summed E-state index contributed by atoms with van der Waals surface area (Å²) in [7, 11) is -1.99. The zero-order valence-electron chi connectivity index (χ0n) is 11.1. The second kappa shape index (κ2) is 5.48. The van der Waals surface area contributed by atoms with E-state index in [0.29, 0.717) is 5.69 Å². The first kappa shape index (κ1) is 14.3. The number of para-hydroxylation sites is 1. The van der Waals surface area contributed by atoms with Crippen LogP contribution in [0.3, 0.4) is 0 Å². The molecule has 1 saturated carbocycles. The van der Waals surface area contributed by atoms with Crippen LogP contribution in [0, 0.1) is 5.41 Å². The summed E-state index contributed by atoms with van der Waals surface area (Å²) in [5.41, 5.74) is 0.829. The van der Waals surface area contributed by atoms with Gasteiger partial charge in [0.2, 0.25) is 10.0 Å². The van der Waals surface area contributed by atoms with Crippen LogP contribution in [0.1, 0.15) is 19.3 Å². The van der Waals surface area contributed by atoms with Crippen molar-refractivity contribution in [1.82, 2.24) is 0 Å². The lowest BCUT2D eigenvalue weighted by Crippen LogP contribution is -2.20. The van der Waals surface area contributed by atoms with Gasteiger partial charge in [-0.25, -0.2) is 13.6 Å². The van der Waals surface area contributed by atoms with Crippen LogP contribution in [0.2, 0.25) is 0 Å². The first-order chi connectivity index (χ1) is 8.97. The van der Waals surface area contributed by atoms with Gasteiger partial charge in [-0.15, -0.1) is 0 Å². The number of ether oxygens (including phenoxy) is 1. The highest BCUT2D eigenvalue weighted by molar-refractivity contribution is 7.89. The van der Waals surface area contributed by atoms with Crippen LogP contribution in [0.5, 0.6) is 0 Å². The van der Waals surface area contributed by atoms with Gasteiger partial charge >= 0.3 is 0 Å². The first-order valence-corrected chi connectivity index (χ1v) is 7.86. The molecule has 1 aromatic carbocycles. The molecule has 0 amide bonds. The molecule has 6 heteroatoms. The van der Waals surface area contributed by atoms with E-state index in [4.69, 9.17) is 9.88 Å². The Labute approximate surface area is 114 Å². The van der Waals surface area contributed by atoms with Crippen LogP contribution in [0.4, 0.5) is 5.69 Å². The molecule has 0 aliphatic heterocycles. The van der Waals surface area contributed by atoms with Gasteiger partial charge in [0, 0.05) is 20.3 Å². The summed E-state index contributed by atoms with van der Waals surface area (Å²) < 4.78 is 28.1. The van der Waals surface area contributed by atoms with E-state index >= 15 is 0 Å². The second-order valence-electron chi connectivity index (χ2n) is 5.14. The predicted molar refractivity (Wildman–Crippen MR) is 74.5 cm³/mol. The van der Waals surface area contributed by atoms with E-state index in [9.17, 15) is 8.42 Å². The maximum Gasteiger partial charge on any atom is 0.240 e. The molecule has 19 heavy (non-hydrogen) atoms. The number of hydrogen-bond acceptors (Lipinski definition) is 4. The molecule has 0 spiro atoms. The Balaban J connectivity index is 2.04. The summed E-state index contributed by atoms with van der Waals surface area (Å²) in [5, 5.41) is 8.42. The standard InChI is InChI=1S/C13H20N2O3S/c1-18-9-8-13(6-7-13)10-15-11-4-2-3-5-12(11)19(14,16)17/h2-5,15H,6-10H2,1H3,(H2,14,16,17). The number of hydrogen-bond donors (Lipinski definition) is 2. The summed E-state index contributed by atoms with van der Waals surface area (Å²) in [6, 6.07) is 6.73. The number of anilines is 1. The third-order valence-corrected chi connectivity index (χ3v) is 4.61. The van der Waals surface area contributed by atoms with Crippen molar-refractivity contribution in [2.24, 2.45) is 10.6 Å². The molecule has 0 unspecified atom stereocenters. The van der Waals surface area contributed by atoms with Gasteiger partial charge in [0.1, 0.15) is 4.90 Å². The van der Waals surface area contributed by atoms with E-state index in [1.54, 1.807) is 25.3 Å². The van der Waals surface area contributed by atoms with Crippen molar-refractivity contribution in [2.75, 3.05) is 25.6 Å². The summed E-state index contributed by atoms with van der Waals surface area (Å²) in [6.45, 7) is 1.49. The van der Waals surface area contributed by atoms with Gasteiger partial charge in [0.05, 0.1) is 5.69 Å². The molecular formula is C13H20N2O3S. The third kappa shape index (κ3) is 3.68. The van der Waals surface area contributed by atoms with Gasteiger partial charge in [-0.1, -0.05) is 12.1 Å². The Hall–Kier alpha value is -1.11. The van der Waals surface area contributed by atoms with E-state index in [1.807, 2.05) is 0 Å². The maximum atomic E-state index is 11.5. The highest BCUT2D eigenvalue weighted by Crippen LogP contribution is 2.48. The number of sulfonamides is 1. The molecule has 0 heterocycles. The molecule has 2 rings (SSSR count). The minimum atomic E-state index is -3.68. The average molecular weight is 284 g/mol. The lowest BCUT2D eigenvalue weighted by molar-refractivity contribution is 0.175. The lowest BCUT2D eigenvalue weighted by atomic mass is 10.0. The van der Waals surface area contributed by atoms with E-state index in [-0.39, 0.29) is 10.3 Å². The van der Waals surface area contributed by atoms with Crippen molar-refractivity contribution >= 4 is 15.7 Å². The molecule has 0 radical (unpaired) electrons. The third-order valence-electron chi connectivity index (χ3n) is 3.64. The minimum Gasteiger partial charge on any atom is -0.385 e. The van der Waals surface area contributed by atoms with Crippen molar-refractivity contribution in [3.05, 3.63) is 24.3 Å². The van der Waals surface area contributed by atoms with Crippen LogP contribution in [-0.2, 0) is 14.8 Å². The number of benzene rings is 1. The molecule has 3 N–H and O–H groups in total. The zero-order chi connectivity index (χ0) is 13.9. The van der Waals surface area contributed by atoms with Gasteiger partial charge in [-0.3, -0.25) is 0 Å². The number of nitrogens with one attached hydrogen (secondary N) is 1. The van der Waals surface area contributed by atoms with Gasteiger partial charge in [0.25, 0.3) is 0 Å². The molecule has 0 bridgehead atoms. The van der Waals surface area contributed by atoms with Gasteiger partial charge in [-0.2, -0.15) is 0 Å². The van der Waals surface area contributed by atoms with E-state index in [0.717, 1.165) is 32.4 Å². The first-order valence-electron chi connectivity index (χ1n) is 6.32. The predicted octanol–water partition coefficient (Wildman–Crippen LogP) is 1.56. The van der Waals surface area contributed by atoms with Gasteiger partial charge in [-0.05, 0) is 36.8 Å². The van der Waals surface area contributed by atoms with Crippen LogP contribution in [-0.4, -0.2) is 28.7 Å². The normalized spacial score (nSPS) is 17.2. The van der Waals surface area contributed by atoms with Crippen LogP contribution < -0.4 is 10.5 Å². The van der Waals surface area contributed by atoms with E-state index in [1.165, 1.54) is 6.07 Å². The SMILES string of the molecule is COCCC1(CNc2ccccc2S(N)(=O)=O)CC1. The number of rotatable bonds is 7. The summed E-state index contributed by atoms with van der Waals surface area (Å²) in [6.07, 6.45) is 3.30. The average Bonchev–Trinajstić information content (AvgIpc) is 3.14. The minimum absolute atomic E-state index is 0.151. The molecule has 1 aliphatic carbocycles. The second-order valence-corrected chi connectivity index (χ2v) is 6.67. The molecule has 106 valence electrons. The van der Waals surface area contributed by atoms with Crippen molar-refractivity contribution in [2.45, 2.75) is 24.2 Å². The van der Waals surface area contributed by atoms with Crippen LogP contribution in [0.25, 0.3) is 0 Å². The molecule has 1 aliphatic rings. The van der Waals surface area contributed by atoms with Crippen molar-refractivity contribution < 1.29 is 13.2 Å². The smallest absolute Gasteiger partial charge is 0.240 e. The van der Waals surface area contributed by atoms with Crippen LogP contribution >= 0.6 is 0 Å². The molecular weight excluding hydrogens is 264 g/mol. The number of methoxy groups -OCH3 is 1. The largest absolute Gasteiger partial charge is 0.385 e. The lowest BCUT2D eigenvalue weighted by Gasteiger charge is -2.17. The van der Waals surface area contributed by atoms with E-state index < -0.39 is 10.0 Å². The molecule has 5 nitrogen and oxygen atoms in total. The van der Waals surface area contributed by atoms with Crippen molar-refractivity contribution in [1.29, 1.82) is 0 Å². The molecule has 0 aromatic heterocycles. The fourth-order valence-corrected chi connectivity index (χ4v) is 2.87. The van der Waals surface area contributed by atoms with Gasteiger partial charge < -0.3 is 10.1 Å². The fourth-order valence-electron chi connectivity index (χ4n) is 2.15. The summed E-state index contributed by atoms with van der Waals surface area (Å²) in [4.78, 5) is 0.151. The topological polar surface area (TPSA) is 81.4 Å². The Kier molecular flexibility index (Phi) is 4.13.